The highest BCUT2D eigenvalue weighted by Gasteiger charge is 2.49. The van der Waals surface area contributed by atoms with Crippen LogP contribution in [0.1, 0.15) is 25.3 Å². The third kappa shape index (κ3) is 4.06. The van der Waals surface area contributed by atoms with Crippen LogP contribution in [0.15, 0.2) is 24.3 Å². The molecule has 3 rings (SSSR count). The summed E-state index contributed by atoms with van der Waals surface area (Å²) < 4.78 is 13.1. The number of rotatable bonds is 4. The number of benzene rings is 1. The van der Waals surface area contributed by atoms with E-state index in [0.29, 0.717) is 31.1 Å². The molecule has 0 saturated carbocycles. The first-order valence-corrected chi connectivity index (χ1v) is 8.73. The predicted octanol–water partition coefficient (Wildman–Crippen LogP) is 1.21. The third-order valence-corrected chi connectivity index (χ3v) is 5.29. The van der Waals surface area contributed by atoms with Gasteiger partial charge in [-0.2, -0.15) is 0 Å². The van der Waals surface area contributed by atoms with Crippen molar-refractivity contribution in [3.63, 3.8) is 0 Å². The number of nitrogens with one attached hydrogen (secondary N) is 1. The first kappa shape index (κ1) is 21.1. The van der Waals surface area contributed by atoms with E-state index < -0.39 is 23.3 Å². The Balaban J connectivity index is 0.00000261. The van der Waals surface area contributed by atoms with Gasteiger partial charge in [0.15, 0.2) is 0 Å². The van der Waals surface area contributed by atoms with Crippen molar-refractivity contribution in [2.24, 2.45) is 11.7 Å². The molecule has 9 heteroatoms. The molecule has 2 fully saturated rings. The maximum absolute atomic E-state index is 13.1. The minimum absolute atomic E-state index is 0. The number of likely N-dealkylation sites (tertiary alicyclic amines) is 1. The Hall–Kier alpha value is -2.19. The van der Waals surface area contributed by atoms with Crippen LogP contribution in [-0.2, 0) is 15.1 Å². The number of hydrogen-bond donors (Lipinski definition) is 2. The molecule has 1 aromatic carbocycles. The van der Waals surface area contributed by atoms with Gasteiger partial charge in [-0.05, 0) is 49.9 Å². The van der Waals surface area contributed by atoms with Crippen molar-refractivity contribution in [3.8, 4) is 0 Å². The van der Waals surface area contributed by atoms with Crippen molar-refractivity contribution in [1.82, 2.24) is 15.1 Å². The van der Waals surface area contributed by atoms with Crippen LogP contribution in [0.5, 0.6) is 0 Å². The summed E-state index contributed by atoms with van der Waals surface area (Å²) in [7, 11) is 0. The molecule has 2 saturated heterocycles. The SMILES string of the molecule is CC1(c2ccc(F)cc2)NC(=O)N(CC(=O)N2CCC(CN)CC2)C1=O.Cl. The van der Waals surface area contributed by atoms with E-state index in [4.69, 9.17) is 5.73 Å². The highest BCUT2D eigenvalue weighted by atomic mass is 35.5. The van der Waals surface area contributed by atoms with Gasteiger partial charge in [-0.25, -0.2) is 9.18 Å². The van der Waals surface area contributed by atoms with Crippen molar-refractivity contribution in [2.45, 2.75) is 25.3 Å². The Labute approximate surface area is 163 Å². The minimum Gasteiger partial charge on any atom is -0.341 e. The highest BCUT2D eigenvalue weighted by molar-refractivity contribution is 6.09. The lowest BCUT2D eigenvalue weighted by atomic mass is 9.92. The van der Waals surface area contributed by atoms with E-state index in [0.717, 1.165) is 17.7 Å². The number of nitrogens with two attached hydrogens (primary N) is 1. The van der Waals surface area contributed by atoms with Gasteiger partial charge in [0.2, 0.25) is 5.91 Å². The fraction of sp³-hybridized carbons (Fsp3) is 0.500. The van der Waals surface area contributed by atoms with Gasteiger partial charge in [0, 0.05) is 13.1 Å². The molecular weight excluding hydrogens is 375 g/mol. The molecule has 1 atom stereocenters. The summed E-state index contributed by atoms with van der Waals surface area (Å²) in [6.07, 6.45) is 1.66. The molecule has 27 heavy (non-hydrogen) atoms. The zero-order valence-corrected chi connectivity index (χ0v) is 15.9. The van der Waals surface area contributed by atoms with E-state index >= 15 is 0 Å². The van der Waals surface area contributed by atoms with Gasteiger partial charge in [-0.1, -0.05) is 12.1 Å². The molecule has 4 amide bonds. The lowest BCUT2D eigenvalue weighted by Crippen LogP contribution is -2.47. The summed E-state index contributed by atoms with van der Waals surface area (Å²) >= 11 is 0. The fourth-order valence-electron chi connectivity index (χ4n) is 3.47. The van der Waals surface area contributed by atoms with Gasteiger partial charge >= 0.3 is 6.03 Å². The number of nitrogens with zero attached hydrogens (tertiary/aromatic N) is 2. The maximum Gasteiger partial charge on any atom is 0.325 e. The molecule has 148 valence electrons. The number of hydrogen-bond acceptors (Lipinski definition) is 4. The molecule has 0 aliphatic carbocycles. The van der Waals surface area contributed by atoms with Gasteiger partial charge < -0.3 is 16.0 Å². The van der Waals surface area contributed by atoms with E-state index in [9.17, 15) is 18.8 Å². The molecule has 7 nitrogen and oxygen atoms in total. The number of imide groups is 1. The van der Waals surface area contributed by atoms with Crippen LogP contribution in [0.2, 0.25) is 0 Å². The van der Waals surface area contributed by atoms with Gasteiger partial charge in [0.1, 0.15) is 17.9 Å². The Morgan fingerprint density at radius 2 is 1.85 bits per heavy atom. The Kier molecular flexibility index (Phi) is 6.43. The Bertz CT molecular complexity index is 722. The average Bonchev–Trinajstić information content (AvgIpc) is 2.86. The van der Waals surface area contributed by atoms with Crippen molar-refractivity contribution in [3.05, 3.63) is 35.6 Å². The summed E-state index contributed by atoms with van der Waals surface area (Å²) in [5, 5.41) is 2.62. The van der Waals surface area contributed by atoms with Crippen LogP contribution in [0.25, 0.3) is 0 Å². The molecule has 2 heterocycles. The first-order chi connectivity index (χ1) is 12.3. The topological polar surface area (TPSA) is 95.7 Å². The van der Waals surface area contributed by atoms with Gasteiger partial charge in [-0.3, -0.25) is 14.5 Å². The molecular formula is C18H24ClFN4O3. The molecule has 0 bridgehead atoms. The van der Waals surface area contributed by atoms with Crippen LogP contribution in [0.4, 0.5) is 9.18 Å². The van der Waals surface area contributed by atoms with E-state index in [1.54, 1.807) is 11.8 Å². The van der Waals surface area contributed by atoms with Crippen molar-refractivity contribution >= 4 is 30.3 Å². The molecule has 1 aromatic rings. The largest absolute Gasteiger partial charge is 0.341 e. The lowest BCUT2D eigenvalue weighted by Gasteiger charge is -2.32. The number of carbonyl (C=O) groups excluding carboxylic acids is 3. The second-order valence-corrected chi connectivity index (χ2v) is 7.01. The summed E-state index contributed by atoms with van der Waals surface area (Å²) in [6.45, 7) is 3.02. The van der Waals surface area contributed by atoms with Crippen molar-refractivity contribution < 1.29 is 18.8 Å². The number of halogens is 2. The second kappa shape index (κ2) is 8.22. The number of urea groups is 1. The van der Waals surface area contributed by atoms with E-state index in [2.05, 4.69) is 5.32 Å². The molecule has 0 radical (unpaired) electrons. The summed E-state index contributed by atoms with van der Waals surface area (Å²) in [5.41, 5.74) is 4.82. The summed E-state index contributed by atoms with van der Waals surface area (Å²) in [6, 6.07) is 4.75. The number of piperidine rings is 1. The standard InChI is InChI=1S/C18H23FN4O3.ClH/c1-18(13-2-4-14(19)5-3-13)16(25)23(17(26)21-18)11-15(24)22-8-6-12(10-20)7-9-22;/h2-5,12H,6-11,20H2,1H3,(H,21,26);1H. The van der Waals surface area contributed by atoms with Crippen LogP contribution in [0, 0.1) is 11.7 Å². The second-order valence-electron chi connectivity index (χ2n) is 7.01. The van der Waals surface area contributed by atoms with Crippen molar-refractivity contribution in [1.29, 1.82) is 0 Å². The molecule has 2 aliphatic rings. The Morgan fingerprint density at radius 3 is 2.41 bits per heavy atom. The maximum atomic E-state index is 13.1. The average molecular weight is 399 g/mol. The number of carbonyl (C=O) groups is 3. The normalized spacial score (nSPS) is 23.2. The quantitative estimate of drug-likeness (QED) is 0.745. The van der Waals surface area contributed by atoms with E-state index in [-0.39, 0.29) is 24.9 Å². The molecule has 0 aromatic heterocycles. The Morgan fingerprint density at radius 1 is 1.26 bits per heavy atom. The monoisotopic (exact) mass is 398 g/mol. The van der Waals surface area contributed by atoms with E-state index in [1.807, 2.05) is 0 Å². The van der Waals surface area contributed by atoms with Crippen LogP contribution in [0.3, 0.4) is 0 Å². The zero-order valence-electron chi connectivity index (χ0n) is 15.1. The molecule has 3 N–H and O–H groups in total. The minimum atomic E-state index is -1.31. The van der Waals surface area contributed by atoms with Crippen molar-refractivity contribution in [2.75, 3.05) is 26.2 Å². The van der Waals surface area contributed by atoms with E-state index in [1.165, 1.54) is 24.3 Å². The predicted molar refractivity (Wildman–Crippen MR) is 99.6 cm³/mol. The zero-order chi connectivity index (χ0) is 18.9. The van der Waals surface area contributed by atoms with Gasteiger partial charge in [0.25, 0.3) is 5.91 Å². The molecule has 1 unspecified atom stereocenters. The number of amides is 4. The third-order valence-electron chi connectivity index (χ3n) is 5.29. The molecule has 2 aliphatic heterocycles. The molecule has 0 spiro atoms. The summed E-state index contributed by atoms with van der Waals surface area (Å²) in [4.78, 5) is 40.2. The summed E-state index contributed by atoms with van der Waals surface area (Å²) in [5.74, 6) is -0.786. The van der Waals surface area contributed by atoms with Gasteiger partial charge in [0.05, 0.1) is 0 Å². The van der Waals surface area contributed by atoms with Gasteiger partial charge in [-0.15, -0.1) is 12.4 Å². The van der Waals surface area contributed by atoms with Crippen LogP contribution in [-0.4, -0.2) is 53.8 Å². The smallest absolute Gasteiger partial charge is 0.325 e. The first-order valence-electron chi connectivity index (χ1n) is 8.73. The van der Waals surface area contributed by atoms with Crippen LogP contribution >= 0.6 is 12.4 Å². The fourth-order valence-corrected chi connectivity index (χ4v) is 3.47. The van der Waals surface area contributed by atoms with Crippen LogP contribution < -0.4 is 11.1 Å². The highest BCUT2D eigenvalue weighted by Crippen LogP contribution is 2.29. The lowest BCUT2D eigenvalue weighted by molar-refractivity contribution is -0.139.